The average molecular weight is 368 g/mol. The Morgan fingerprint density at radius 3 is 2.33 bits per heavy atom. The number of aryl methyl sites for hydroxylation is 2. The maximum absolute atomic E-state index is 13.8. The molecule has 1 saturated heterocycles. The van der Waals surface area contributed by atoms with Gasteiger partial charge in [0.1, 0.15) is 5.82 Å². The van der Waals surface area contributed by atoms with Gasteiger partial charge in [0.2, 0.25) is 0 Å². The fourth-order valence-electron chi connectivity index (χ4n) is 3.59. The van der Waals surface area contributed by atoms with E-state index in [1.165, 1.54) is 12.1 Å². The molecule has 1 aliphatic rings. The molecular weight excluding hydrogens is 343 g/mol. The van der Waals surface area contributed by atoms with Crippen LogP contribution in [0.1, 0.15) is 44.7 Å². The lowest BCUT2D eigenvalue weighted by Crippen LogP contribution is -2.41. The number of carbonyl (C=O) groups excluding carboxylic acids is 2. The predicted molar refractivity (Wildman–Crippen MR) is 103 cm³/mol. The Kier molecular flexibility index (Phi) is 5.89. The van der Waals surface area contributed by atoms with Crippen molar-refractivity contribution in [3.05, 3.63) is 70.5 Å². The lowest BCUT2D eigenvalue weighted by molar-refractivity contribution is 0.0679. The van der Waals surface area contributed by atoms with Crippen LogP contribution in [0.3, 0.4) is 0 Å². The number of hydrogen-bond acceptors (Lipinski definition) is 2. The van der Waals surface area contributed by atoms with Crippen molar-refractivity contribution in [1.82, 2.24) is 10.2 Å². The fraction of sp³-hybridized carbons (Fsp3) is 0.364. The highest BCUT2D eigenvalue weighted by molar-refractivity contribution is 5.95. The number of likely N-dealkylation sites (tertiary alicyclic amines) is 1. The minimum absolute atomic E-state index is 0.0633. The molecule has 0 spiro atoms. The van der Waals surface area contributed by atoms with Gasteiger partial charge < -0.3 is 10.2 Å². The van der Waals surface area contributed by atoms with Crippen molar-refractivity contribution in [2.45, 2.75) is 26.7 Å². The van der Waals surface area contributed by atoms with Crippen LogP contribution in [0.4, 0.5) is 4.39 Å². The molecule has 0 saturated carbocycles. The highest BCUT2D eigenvalue weighted by Gasteiger charge is 2.25. The Labute approximate surface area is 159 Å². The van der Waals surface area contributed by atoms with Gasteiger partial charge in [-0.25, -0.2) is 4.39 Å². The molecule has 4 nitrogen and oxygen atoms in total. The summed E-state index contributed by atoms with van der Waals surface area (Å²) < 4.78 is 13.8. The van der Waals surface area contributed by atoms with E-state index in [0.29, 0.717) is 31.1 Å². The van der Waals surface area contributed by atoms with Crippen LogP contribution in [0.25, 0.3) is 0 Å². The number of benzene rings is 2. The number of halogens is 1. The van der Waals surface area contributed by atoms with Crippen molar-refractivity contribution >= 4 is 11.8 Å². The standard InChI is InChI=1S/C22H25FN2O2/c1-15-11-16(2)13-18(12-15)21(26)24-14-17-7-9-25(10-8-17)22(27)19-5-3-4-6-20(19)23/h3-6,11-13,17H,7-10,14H2,1-2H3,(H,24,26). The SMILES string of the molecule is Cc1cc(C)cc(C(=O)NCC2CCN(C(=O)c3ccccc3F)CC2)c1. The van der Waals surface area contributed by atoms with E-state index in [0.717, 1.165) is 24.0 Å². The van der Waals surface area contributed by atoms with Crippen LogP contribution in [0.5, 0.6) is 0 Å². The van der Waals surface area contributed by atoms with Crippen molar-refractivity contribution < 1.29 is 14.0 Å². The summed E-state index contributed by atoms with van der Waals surface area (Å²) in [6.45, 7) is 5.71. The summed E-state index contributed by atoms with van der Waals surface area (Å²) in [5.41, 5.74) is 2.94. The molecule has 1 N–H and O–H groups in total. The Morgan fingerprint density at radius 2 is 1.70 bits per heavy atom. The third-order valence-corrected chi connectivity index (χ3v) is 5.04. The van der Waals surface area contributed by atoms with E-state index in [1.807, 2.05) is 32.0 Å². The van der Waals surface area contributed by atoms with Crippen LogP contribution < -0.4 is 5.32 Å². The van der Waals surface area contributed by atoms with E-state index in [4.69, 9.17) is 0 Å². The van der Waals surface area contributed by atoms with Gasteiger partial charge in [-0.15, -0.1) is 0 Å². The largest absolute Gasteiger partial charge is 0.352 e. The monoisotopic (exact) mass is 368 g/mol. The number of nitrogens with zero attached hydrogens (tertiary/aromatic N) is 1. The molecule has 0 unspecified atom stereocenters. The number of carbonyl (C=O) groups is 2. The Hall–Kier alpha value is -2.69. The smallest absolute Gasteiger partial charge is 0.256 e. The molecule has 2 amide bonds. The first kappa shape index (κ1) is 19.1. The molecule has 27 heavy (non-hydrogen) atoms. The van der Waals surface area contributed by atoms with Crippen molar-refractivity contribution in [1.29, 1.82) is 0 Å². The first-order valence-electron chi connectivity index (χ1n) is 9.34. The van der Waals surface area contributed by atoms with Crippen molar-refractivity contribution in [3.8, 4) is 0 Å². The van der Waals surface area contributed by atoms with Gasteiger partial charge in [0.25, 0.3) is 11.8 Å². The van der Waals surface area contributed by atoms with Gasteiger partial charge in [0.15, 0.2) is 0 Å². The Balaban J connectivity index is 1.50. The average Bonchev–Trinajstić information content (AvgIpc) is 2.65. The van der Waals surface area contributed by atoms with Crippen LogP contribution >= 0.6 is 0 Å². The van der Waals surface area contributed by atoms with E-state index in [1.54, 1.807) is 17.0 Å². The topological polar surface area (TPSA) is 49.4 Å². The Bertz CT molecular complexity index is 822. The number of rotatable bonds is 4. The molecule has 3 rings (SSSR count). The molecule has 0 aromatic heterocycles. The van der Waals surface area contributed by atoms with Gasteiger partial charge >= 0.3 is 0 Å². The summed E-state index contributed by atoms with van der Waals surface area (Å²) in [5, 5.41) is 3.01. The van der Waals surface area contributed by atoms with E-state index in [9.17, 15) is 14.0 Å². The summed E-state index contributed by atoms with van der Waals surface area (Å²) in [6, 6.07) is 11.9. The Morgan fingerprint density at radius 1 is 1.07 bits per heavy atom. The second kappa shape index (κ2) is 8.33. The third kappa shape index (κ3) is 4.73. The number of hydrogen-bond donors (Lipinski definition) is 1. The molecule has 0 aliphatic carbocycles. The zero-order valence-corrected chi connectivity index (χ0v) is 15.8. The molecule has 0 radical (unpaired) electrons. The van der Waals surface area contributed by atoms with Crippen LogP contribution in [0.15, 0.2) is 42.5 Å². The molecule has 1 heterocycles. The van der Waals surface area contributed by atoms with Crippen LogP contribution in [0.2, 0.25) is 0 Å². The van der Waals surface area contributed by atoms with Gasteiger partial charge in [0, 0.05) is 25.2 Å². The summed E-state index contributed by atoms with van der Waals surface area (Å²) in [6.07, 6.45) is 1.60. The highest BCUT2D eigenvalue weighted by atomic mass is 19.1. The van der Waals surface area contributed by atoms with Gasteiger partial charge in [0.05, 0.1) is 5.56 Å². The second-order valence-corrected chi connectivity index (χ2v) is 7.30. The van der Waals surface area contributed by atoms with Gasteiger partial charge in [-0.1, -0.05) is 29.3 Å². The summed E-state index contributed by atoms with van der Waals surface area (Å²) >= 11 is 0. The van der Waals surface area contributed by atoms with Crippen LogP contribution in [-0.2, 0) is 0 Å². The summed E-state index contributed by atoms with van der Waals surface area (Å²) in [5.74, 6) is -0.479. The minimum atomic E-state index is -0.481. The highest BCUT2D eigenvalue weighted by Crippen LogP contribution is 2.20. The number of nitrogens with one attached hydrogen (secondary N) is 1. The van der Waals surface area contributed by atoms with E-state index < -0.39 is 5.82 Å². The molecular formula is C22H25FN2O2. The maximum Gasteiger partial charge on any atom is 0.256 e. The first-order chi connectivity index (χ1) is 12.9. The molecule has 142 valence electrons. The van der Waals surface area contributed by atoms with E-state index in [-0.39, 0.29) is 17.4 Å². The first-order valence-corrected chi connectivity index (χ1v) is 9.34. The number of piperidine rings is 1. The zero-order valence-electron chi connectivity index (χ0n) is 15.8. The third-order valence-electron chi connectivity index (χ3n) is 5.04. The van der Waals surface area contributed by atoms with Gasteiger partial charge in [-0.05, 0) is 56.9 Å². The van der Waals surface area contributed by atoms with E-state index in [2.05, 4.69) is 5.32 Å². The predicted octanol–water partition coefficient (Wildman–Crippen LogP) is 3.72. The van der Waals surface area contributed by atoms with Crippen molar-refractivity contribution in [2.24, 2.45) is 5.92 Å². The molecule has 5 heteroatoms. The molecule has 2 aromatic carbocycles. The minimum Gasteiger partial charge on any atom is -0.352 e. The summed E-state index contributed by atoms with van der Waals surface area (Å²) in [4.78, 5) is 26.5. The lowest BCUT2D eigenvalue weighted by Gasteiger charge is -2.32. The van der Waals surface area contributed by atoms with E-state index >= 15 is 0 Å². The van der Waals surface area contributed by atoms with Crippen LogP contribution in [-0.4, -0.2) is 36.3 Å². The van der Waals surface area contributed by atoms with Gasteiger partial charge in [-0.3, -0.25) is 9.59 Å². The molecule has 1 fully saturated rings. The normalized spacial score (nSPS) is 14.9. The van der Waals surface area contributed by atoms with Crippen molar-refractivity contribution in [3.63, 3.8) is 0 Å². The van der Waals surface area contributed by atoms with Crippen molar-refractivity contribution in [2.75, 3.05) is 19.6 Å². The molecule has 0 atom stereocenters. The molecule has 2 aromatic rings. The molecule has 1 aliphatic heterocycles. The fourth-order valence-corrected chi connectivity index (χ4v) is 3.59. The van der Waals surface area contributed by atoms with Gasteiger partial charge in [-0.2, -0.15) is 0 Å². The summed E-state index contributed by atoms with van der Waals surface area (Å²) in [7, 11) is 0. The molecule has 0 bridgehead atoms. The lowest BCUT2D eigenvalue weighted by atomic mass is 9.96. The zero-order chi connectivity index (χ0) is 19.4. The van der Waals surface area contributed by atoms with Crippen LogP contribution in [0, 0.1) is 25.6 Å². The maximum atomic E-state index is 13.8. The second-order valence-electron chi connectivity index (χ2n) is 7.30. The number of amides is 2. The quantitative estimate of drug-likeness (QED) is 0.894.